The molecule has 3 aromatic heterocycles. The van der Waals surface area contributed by atoms with Gasteiger partial charge in [0.15, 0.2) is 0 Å². The summed E-state index contributed by atoms with van der Waals surface area (Å²) in [6.45, 7) is 9.06. The Balaban J connectivity index is 1.80. The first kappa shape index (κ1) is 18.3. The Bertz CT molecular complexity index is 1470. The van der Waals surface area contributed by atoms with E-state index in [1.807, 2.05) is 6.20 Å². The normalized spacial score (nSPS) is 12.5. The van der Waals surface area contributed by atoms with E-state index in [1.54, 1.807) is 0 Å². The molecule has 6 rings (SSSR count). The van der Waals surface area contributed by atoms with Gasteiger partial charge in [0.25, 0.3) is 0 Å². The summed E-state index contributed by atoms with van der Waals surface area (Å²) in [5.74, 6) is 0.862. The molecule has 3 heterocycles. The highest BCUT2D eigenvalue weighted by Gasteiger charge is 2.20. The van der Waals surface area contributed by atoms with Gasteiger partial charge in [0.05, 0.1) is 16.7 Å². The smallest absolute Gasteiger partial charge is 0.145 e. The van der Waals surface area contributed by atoms with Crippen LogP contribution in [0.15, 0.2) is 67.0 Å². The molecule has 0 spiro atoms. The van der Waals surface area contributed by atoms with E-state index in [9.17, 15) is 0 Å². The van der Waals surface area contributed by atoms with Crippen molar-refractivity contribution in [1.29, 1.82) is 0 Å². The zero-order valence-corrected chi connectivity index (χ0v) is 18.3. The standard InChI is InChI=1S/C28H25N3/c1-16(2)19-8-6-9-20(17(3)4)26(19)23-15-31-24-13-14-29-22-12-11-18-7-5-10-21(28(31)30-23)25(18)27(22)24/h5-17H,1-4H3. The Morgan fingerprint density at radius 3 is 2.26 bits per heavy atom. The van der Waals surface area contributed by atoms with Crippen molar-refractivity contribution in [3.8, 4) is 11.3 Å². The zero-order chi connectivity index (χ0) is 21.3. The van der Waals surface area contributed by atoms with E-state index in [0.717, 1.165) is 22.4 Å². The van der Waals surface area contributed by atoms with Crippen molar-refractivity contribution in [1.82, 2.24) is 14.4 Å². The lowest BCUT2D eigenvalue weighted by atomic mass is 9.87. The molecule has 0 aliphatic carbocycles. The summed E-state index contributed by atoms with van der Waals surface area (Å²) >= 11 is 0. The fraction of sp³-hybridized carbons (Fsp3) is 0.214. The van der Waals surface area contributed by atoms with E-state index in [2.05, 4.69) is 97.9 Å². The van der Waals surface area contributed by atoms with Crippen molar-refractivity contribution < 1.29 is 0 Å². The first-order valence-electron chi connectivity index (χ1n) is 11.1. The summed E-state index contributed by atoms with van der Waals surface area (Å²) < 4.78 is 2.27. The van der Waals surface area contributed by atoms with Crippen LogP contribution in [0.1, 0.15) is 50.7 Å². The first-order chi connectivity index (χ1) is 15.0. The van der Waals surface area contributed by atoms with Crippen LogP contribution >= 0.6 is 0 Å². The van der Waals surface area contributed by atoms with Crippen molar-refractivity contribution in [3.63, 3.8) is 0 Å². The summed E-state index contributed by atoms with van der Waals surface area (Å²) in [5, 5.41) is 4.89. The van der Waals surface area contributed by atoms with Gasteiger partial charge in [0.1, 0.15) is 5.65 Å². The van der Waals surface area contributed by atoms with E-state index in [1.165, 1.54) is 38.2 Å². The minimum absolute atomic E-state index is 0.431. The molecular weight excluding hydrogens is 378 g/mol. The summed E-state index contributed by atoms with van der Waals surface area (Å²) in [5.41, 5.74) is 8.27. The van der Waals surface area contributed by atoms with Gasteiger partial charge in [-0.05, 0) is 40.5 Å². The highest BCUT2D eigenvalue weighted by Crippen LogP contribution is 2.39. The fourth-order valence-corrected chi connectivity index (χ4v) is 5.11. The predicted molar refractivity (Wildman–Crippen MR) is 130 cm³/mol. The van der Waals surface area contributed by atoms with Crippen molar-refractivity contribution in [3.05, 3.63) is 78.1 Å². The van der Waals surface area contributed by atoms with Crippen LogP contribution in [0.5, 0.6) is 0 Å². The van der Waals surface area contributed by atoms with Gasteiger partial charge in [-0.25, -0.2) is 4.98 Å². The van der Waals surface area contributed by atoms with Crippen LogP contribution in [-0.2, 0) is 0 Å². The SMILES string of the molecule is CC(C)c1cccc(C(C)C)c1-c1cn2c3ccnc4ccc5cccc(c5c43)c2n1. The second kappa shape index (κ2) is 6.52. The summed E-state index contributed by atoms with van der Waals surface area (Å²) in [7, 11) is 0. The molecule has 0 aliphatic rings. The van der Waals surface area contributed by atoms with Crippen molar-refractivity contribution in [2.75, 3.05) is 0 Å². The molecule has 0 unspecified atom stereocenters. The predicted octanol–water partition coefficient (Wildman–Crippen LogP) is 7.54. The number of hydrogen-bond acceptors (Lipinski definition) is 2. The third-order valence-corrected chi connectivity index (χ3v) is 6.56. The van der Waals surface area contributed by atoms with Gasteiger partial charge in [-0.2, -0.15) is 0 Å². The Morgan fingerprint density at radius 2 is 1.52 bits per heavy atom. The van der Waals surface area contributed by atoms with Crippen molar-refractivity contribution >= 4 is 38.2 Å². The molecule has 6 aromatic rings. The molecule has 0 bridgehead atoms. The Kier molecular flexibility index (Phi) is 3.85. The second-order valence-corrected chi connectivity index (χ2v) is 9.13. The molecule has 31 heavy (non-hydrogen) atoms. The van der Waals surface area contributed by atoms with Crippen molar-refractivity contribution in [2.45, 2.75) is 39.5 Å². The monoisotopic (exact) mass is 403 g/mol. The molecule has 0 saturated heterocycles. The van der Waals surface area contributed by atoms with Gasteiger partial charge in [0.2, 0.25) is 0 Å². The van der Waals surface area contributed by atoms with Crippen LogP contribution in [0.4, 0.5) is 0 Å². The lowest BCUT2D eigenvalue weighted by Gasteiger charge is -2.18. The second-order valence-electron chi connectivity index (χ2n) is 9.13. The van der Waals surface area contributed by atoms with Crippen LogP contribution in [0.3, 0.4) is 0 Å². The van der Waals surface area contributed by atoms with E-state index < -0.39 is 0 Å². The molecule has 0 saturated carbocycles. The maximum absolute atomic E-state index is 5.26. The molecule has 0 amide bonds. The largest absolute Gasteiger partial charge is 0.298 e. The van der Waals surface area contributed by atoms with Gasteiger partial charge in [-0.1, -0.05) is 70.2 Å². The number of nitrogens with zero attached hydrogens (tertiary/aromatic N) is 3. The van der Waals surface area contributed by atoms with Gasteiger partial charge in [-0.15, -0.1) is 0 Å². The molecule has 3 heteroatoms. The topological polar surface area (TPSA) is 30.2 Å². The maximum atomic E-state index is 5.26. The fourth-order valence-electron chi connectivity index (χ4n) is 5.11. The maximum Gasteiger partial charge on any atom is 0.145 e. The minimum Gasteiger partial charge on any atom is -0.298 e. The average molecular weight is 404 g/mol. The highest BCUT2D eigenvalue weighted by atomic mass is 15.0. The molecular formula is C28H25N3. The van der Waals surface area contributed by atoms with Crippen LogP contribution in [0, 0.1) is 0 Å². The zero-order valence-electron chi connectivity index (χ0n) is 18.3. The number of imidazole rings is 1. The molecule has 3 aromatic carbocycles. The van der Waals surface area contributed by atoms with Gasteiger partial charge >= 0.3 is 0 Å². The van der Waals surface area contributed by atoms with Crippen LogP contribution < -0.4 is 0 Å². The Morgan fingerprint density at radius 1 is 0.774 bits per heavy atom. The Labute approximate surface area is 181 Å². The number of pyridine rings is 2. The van der Waals surface area contributed by atoms with Crippen LogP contribution in [0.25, 0.3) is 49.5 Å². The summed E-state index contributed by atoms with van der Waals surface area (Å²) in [4.78, 5) is 9.91. The molecule has 0 fully saturated rings. The molecule has 0 N–H and O–H groups in total. The summed E-state index contributed by atoms with van der Waals surface area (Å²) in [6.07, 6.45) is 4.13. The number of aromatic nitrogens is 3. The quantitative estimate of drug-likeness (QED) is 0.286. The van der Waals surface area contributed by atoms with Crippen LogP contribution in [-0.4, -0.2) is 14.4 Å². The number of fused-ring (bicyclic) bond motifs is 3. The third kappa shape index (κ3) is 2.53. The van der Waals surface area contributed by atoms with Gasteiger partial charge in [0, 0.05) is 34.1 Å². The molecule has 152 valence electrons. The minimum atomic E-state index is 0.431. The molecule has 3 nitrogen and oxygen atoms in total. The van der Waals surface area contributed by atoms with Crippen molar-refractivity contribution in [2.24, 2.45) is 0 Å². The molecule has 0 radical (unpaired) electrons. The molecule has 0 aliphatic heterocycles. The average Bonchev–Trinajstić information content (AvgIpc) is 3.23. The number of rotatable bonds is 3. The number of hydrogen-bond donors (Lipinski definition) is 0. The molecule has 0 atom stereocenters. The van der Waals surface area contributed by atoms with Crippen LogP contribution in [0.2, 0.25) is 0 Å². The van der Waals surface area contributed by atoms with Gasteiger partial charge < -0.3 is 0 Å². The van der Waals surface area contributed by atoms with E-state index in [-0.39, 0.29) is 0 Å². The summed E-state index contributed by atoms with van der Waals surface area (Å²) in [6, 6.07) is 19.6. The third-order valence-electron chi connectivity index (χ3n) is 6.56. The number of benzene rings is 3. The lowest BCUT2D eigenvalue weighted by molar-refractivity contribution is 0.837. The Hall–Kier alpha value is -3.46. The first-order valence-corrected chi connectivity index (χ1v) is 11.1. The highest BCUT2D eigenvalue weighted by molar-refractivity contribution is 6.24. The van der Waals surface area contributed by atoms with E-state index >= 15 is 0 Å². The van der Waals surface area contributed by atoms with E-state index in [4.69, 9.17) is 4.98 Å². The van der Waals surface area contributed by atoms with Gasteiger partial charge in [-0.3, -0.25) is 9.38 Å². The van der Waals surface area contributed by atoms with E-state index in [0.29, 0.717) is 11.8 Å². The lowest BCUT2D eigenvalue weighted by Crippen LogP contribution is -1.99.